The fourth-order valence-corrected chi connectivity index (χ4v) is 3.13. The van der Waals surface area contributed by atoms with Crippen LogP contribution >= 0.6 is 0 Å². The third-order valence-corrected chi connectivity index (χ3v) is 4.67. The molecule has 1 aromatic carbocycles. The van der Waals surface area contributed by atoms with E-state index in [0.717, 1.165) is 31.9 Å². The van der Waals surface area contributed by atoms with Crippen molar-refractivity contribution in [2.45, 2.75) is 51.7 Å². The number of hydrogen-bond acceptors (Lipinski definition) is 3. The van der Waals surface area contributed by atoms with Gasteiger partial charge in [0.05, 0.1) is 6.54 Å². The highest BCUT2D eigenvalue weighted by molar-refractivity contribution is 5.80. The summed E-state index contributed by atoms with van der Waals surface area (Å²) in [6.07, 6.45) is 4.72. The van der Waals surface area contributed by atoms with Crippen molar-refractivity contribution >= 4 is 5.96 Å². The Kier molecular flexibility index (Phi) is 8.68. The number of rotatable bonds is 8. The van der Waals surface area contributed by atoms with Crippen LogP contribution in [0.3, 0.4) is 0 Å². The molecule has 0 aromatic heterocycles. The highest BCUT2D eigenvalue weighted by Crippen LogP contribution is 2.14. The van der Waals surface area contributed by atoms with Gasteiger partial charge in [0.2, 0.25) is 0 Å². The summed E-state index contributed by atoms with van der Waals surface area (Å²) in [5.41, 5.74) is 0. The lowest BCUT2D eigenvalue weighted by molar-refractivity contribution is 0.202. The van der Waals surface area contributed by atoms with Gasteiger partial charge in [-0.3, -0.25) is 4.99 Å². The molecule has 2 rings (SSSR count). The molecule has 0 radical (unpaired) electrons. The number of hydrogen-bond donors (Lipinski definition) is 2. The first-order chi connectivity index (χ1) is 12.6. The second-order valence-corrected chi connectivity index (χ2v) is 6.95. The van der Waals surface area contributed by atoms with Crippen molar-refractivity contribution in [3.05, 3.63) is 30.1 Å². The maximum Gasteiger partial charge on any atom is 0.191 e. The molecule has 1 aliphatic heterocycles. The molecule has 1 fully saturated rings. The topological polar surface area (TPSA) is 48.9 Å². The lowest BCUT2D eigenvalue weighted by Gasteiger charge is -2.33. The summed E-state index contributed by atoms with van der Waals surface area (Å²) in [5, 5.41) is 6.81. The van der Waals surface area contributed by atoms with Crippen LogP contribution in [-0.4, -0.2) is 56.2 Å². The van der Waals surface area contributed by atoms with Gasteiger partial charge >= 0.3 is 0 Å². The van der Waals surface area contributed by atoms with Crippen LogP contribution in [0.2, 0.25) is 0 Å². The van der Waals surface area contributed by atoms with Crippen molar-refractivity contribution in [1.82, 2.24) is 15.5 Å². The zero-order valence-electron chi connectivity index (χ0n) is 16.3. The predicted molar refractivity (Wildman–Crippen MR) is 105 cm³/mol. The van der Waals surface area contributed by atoms with Gasteiger partial charge in [-0.15, -0.1) is 0 Å². The van der Waals surface area contributed by atoms with Crippen LogP contribution in [0.1, 0.15) is 39.5 Å². The molecular weight excluding hydrogens is 331 g/mol. The van der Waals surface area contributed by atoms with Crippen LogP contribution in [0.4, 0.5) is 4.39 Å². The Bertz CT molecular complexity index is 558. The molecule has 5 nitrogen and oxygen atoms in total. The molecule has 2 N–H and O–H groups in total. The molecule has 1 unspecified atom stereocenters. The molecule has 0 aliphatic carbocycles. The van der Waals surface area contributed by atoms with Crippen LogP contribution in [0, 0.1) is 5.82 Å². The van der Waals surface area contributed by atoms with Crippen molar-refractivity contribution in [3.63, 3.8) is 0 Å². The minimum atomic E-state index is -0.287. The zero-order valence-corrected chi connectivity index (χ0v) is 16.3. The Morgan fingerprint density at radius 2 is 2.15 bits per heavy atom. The van der Waals surface area contributed by atoms with E-state index in [1.807, 2.05) is 6.92 Å². The third-order valence-electron chi connectivity index (χ3n) is 4.67. The molecule has 6 heteroatoms. The number of nitrogens with zero attached hydrogens (tertiary/aromatic N) is 2. The number of benzene rings is 1. The zero-order chi connectivity index (χ0) is 18.8. The second-order valence-electron chi connectivity index (χ2n) is 6.95. The molecule has 26 heavy (non-hydrogen) atoms. The van der Waals surface area contributed by atoms with Crippen LogP contribution < -0.4 is 15.4 Å². The van der Waals surface area contributed by atoms with Gasteiger partial charge in [-0.25, -0.2) is 4.39 Å². The van der Waals surface area contributed by atoms with Gasteiger partial charge in [-0.05, 0) is 44.9 Å². The molecule has 146 valence electrons. The normalized spacial score (nSPS) is 17.8. The van der Waals surface area contributed by atoms with E-state index in [0.29, 0.717) is 18.3 Å². The average molecular weight is 365 g/mol. The number of guanidine groups is 1. The second kappa shape index (κ2) is 11.0. The van der Waals surface area contributed by atoms with Gasteiger partial charge < -0.3 is 20.3 Å². The minimum absolute atomic E-state index is 0.0914. The highest BCUT2D eigenvalue weighted by Gasteiger charge is 2.19. The van der Waals surface area contributed by atoms with E-state index < -0.39 is 0 Å². The molecule has 1 atom stereocenters. The van der Waals surface area contributed by atoms with Gasteiger partial charge in [0.25, 0.3) is 0 Å². The van der Waals surface area contributed by atoms with E-state index in [2.05, 4.69) is 27.4 Å². The predicted octanol–water partition coefficient (Wildman–Crippen LogP) is 3.02. The number of halogens is 1. The number of piperidine rings is 1. The summed E-state index contributed by atoms with van der Waals surface area (Å²) >= 11 is 0. The van der Waals surface area contributed by atoms with Crippen molar-refractivity contribution in [2.24, 2.45) is 4.99 Å². The fraction of sp³-hybridized carbons (Fsp3) is 0.650. The Morgan fingerprint density at radius 1 is 1.38 bits per heavy atom. The third kappa shape index (κ3) is 7.20. The van der Waals surface area contributed by atoms with Crippen LogP contribution in [-0.2, 0) is 0 Å². The molecule has 0 saturated carbocycles. The number of ether oxygens (including phenoxy) is 1. The summed E-state index contributed by atoms with van der Waals surface area (Å²) in [4.78, 5) is 6.86. The number of nitrogens with one attached hydrogen (secondary N) is 2. The number of likely N-dealkylation sites (tertiary alicyclic amines) is 1. The summed E-state index contributed by atoms with van der Waals surface area (Å²) in [7, 11) is 1.78. The summed E-state index contributed by atoms with van der Waals surface area (Å²) in [6, 6.07) is 6.68. The van der Waals surface area contributed by atoms with E-state index in [1.165, 1.54) is 31.5 Å². The van der Waals surface area contributed by atoms with Gasteiger partial charge in [-0.1, -0.05) is 19.4 Å². The Hall–Kier alpha value is -1.82. The number of aliphatic imine (C=N–C) groups is 1. The molecule has 0 bridgehead atoms. The monoisotopic (exact) mass is 364 g/mol. The van der Waals surface area contributed by atoms with Crippen molar-refractivity contribution < 1.29 is 9.13 Å². The van der Waals surface area contributed by atoms with Gasteiger partial charge in [0.1, 0.15) is 17.7 Å². The first kappa shape index (κ1) is 20.5. The lowest BCUT2D eigenvalue weighted by Crippen LogP contribution is -2.50. The van der Waals surface area contributed by atoms with Gasteiger partial charge in [-0.2, -0.15) is 0 Å². The van der Waals surface area contributed by atoms with Gasteiger partial charge in [0.15, 0.2) is 5.96 Å². The molecule has 0 amide bonds. The molecule has 1 aromatic rings. The summed E-state index contributed by atoms with van der Waals surface area (Å²) in [6.45, 7) is 8.30. The van der Waals surface area contributed by atoms with E-state index in [4.69, 9.17) is 4.74 Å². The smallest absolute Gasteiger partial charge is 0.191 e. The minimum Gasteiger partial charge on any atom is -0.489 e. The Balaban J connectivity index is 1.69. The van der Waals surface area contributed by atoms with E-state index in [-0.39, 0.29) is 11.9 Å². The SMILES string of the molecule is CCCCN1CCC(NC(=NC)NCC(C)Oc2cccc(F)c2)CC1. The average Bonchev–Trinajstić information content (AvgIpc) is 2.64. The largest absolute Gasteiger partial charge is 0.489 e. The quantitative estimate of drug-likeness (QED) is 0.550. The van der Waals surface area contributed by atoms with Crippen LogP contribution in [0.5, 0.6) is 5.75 Å². The van der Waals surface area contributed by atoms with Crippen LogP contribution in [0.25, 0.3) is 0 Å². The molecule has 1 heterocycles. The lowest BCUT2D eigenvalue weighted by atomic mass is 10.0. The van der Waals surface area contributed by atoms with Gasteiger partial charge in [0, 0.05) is 32.2 Å². The first-order valence-electron chi connectivity index (χ1n) is 9.72. The molecule has 1 saturated heterocycles. The molecule has 1 aliphatic rings. The summed E-state index contributed by atoms with van der Waals surface area (Å²) < 4.78 is 19.0. The summed E-state index contributed by atoms with van der Waals surface area (Å²) in [5.74, 6) is 1.05. The van der Waals surface area contributed by atoms with Crippen molar-refractivity contribution in [1.29, 1.82) is 0 Å². The Morgan fingerprint density at radius 3 is 2.81 bits per heavy atom. The standard InChI is InChI=1S/C20H33FN4O/c1-4-5-11-25-12-9-18(10-13-25)24-20(22-3)23-15-16(2)26-19-8-6-7-17(21)14-19/h6-8,14,16,18H,4-5,9-13,15H2,1-3H3,(H2,22,23,24). The fourth-order valence-electron chi connectivity index (χ4n) is 3.13. The number of unbranched alkanes of at least 4 members (excludes halogenated alkanes) is 1. The van der Waals surface area contributed by atoms with Crippen molar-refractivity contribution in [2.75, 3.05) is 33.2 Å². The van der Waals surface area contributed by atoms with E-state index in [9.17, 15) is 4.39 Å². The van der Waals surface area contributed by atoms with E-state index >= 15 is 0 Å². The van der Waals surface area contributed by atoms with Crippen LogP contribution in [0.15, 0.2) is 29.3 Å². The molecule has 0 spiro atoms. The van der Waals surface area contributed by atoms with E-state index in [1.54, 1.807) is 19.2 Å². The maximum absolute atomic E-state index is 13.2. The highest BCUT2D eigenvalue weighted by atomic mass is 19.1. The Labute approximate surface area is 157 Å². The van der Waals surface area contributed by atoms with Crippen molar-refractivity contribution in [3.8, 4) is 5.75 Å². The maximum atomic E-state index is 13.2. The molecular formula is C20H33FN4O. The first-order valence-corrected chi connectivity index (χ1v) is 9.72.